The standard InChI is InChI=1S/C21H27ClN2O3/c1-2-4-18(20(25)23-13-15-5-6-15)19-14-27-21(24-19)16-7-9-17(10-8-16)26-12-3-11-22/h7-10,14-15,18H,2-6,11-13H2,1H3,(H,23,25). The van der Waals surface area contributed by atoms with Crippen LogP contribution in [0.25, 0.3) is 11.5 Å². The average molecular weight is 391 g/mol. The van der Waals surface area contributed by atoms with Crippen LogP contribution in [-0.4, -0.2) is 29.9 Å². The zero-order chi connectivity index (χ0) is 19.1. The normalized spacial score (nSPS) is 14.7. The summed E-state index contributed by atoms with van der Waals surface area (Å²) in [6.45, 7) is 3.45. The van der Waals surface area contributed by atoms with Gasteiger partial charge >= 0.3 is 0 Å². The van der Waals surface area contributed by atoms with Crippen molar-refractivity contribution < 1.29 is 13.9 Å². The molecule has 1 heterocycles. The lowest BCUT2D eigenvalue weighted by Crippen LogP contribution is -2.31. The van der Waals surface area contributed by atoms with Crippen LogP contribution in [0.3, 0.4) is 0 Å². The van der Waals surface area contributed by atoms with Gasteiger partial charge in [0.15, 0.2) is 0 Å². The molecule has 1 aliphatic carbocycles. The minimum Gasteiger partial charge on any atom is -0.494 e. The van der Waals surface area contributed by atoms with Crippen LogP contribution in [0.5, 0.6) is 5.75 Å². The Bertz CT molecular complexity index is 725. The van der Waals surface area contributed by atoms with Gasteiger partial charge in [0.2, 0.25) is 11.8 Å². The molecule has 0 saturated heterocycles. The van der Waals surface area contributed by atoms with Crippen molar-refractivity contribution in [3.63, 3.8) is 0 Å². The summed E-state index contributed by atoms with van der Waals surface area (Å²) in [6, 6.07) is 7.60. The van der Waals surface area contributed by atoms with Gasteiger partial charge in [0.05, 0.1) is 18.2 Å². The molecule has 1 aromatic carbocycles. The van der Waals surface area contributed by atoms with E-state index in [0.717, 1.165) is 37.1 Å². The number of hydrogen-bond acceptors (Lipinski definition) is 4. The predicted molar refractivity (Wildman–Crippen MR) is 106 cm³/mol. The largest absolute Gasteiger partial charge is 0.494 e. The van der Waals surface area contributed by atoms with E-state index in [1.165, 1.54) is 12.8 Å². The molecule has 1 amide bonds. The van der Waals surface area contributed by atoms with Gasteiger partial charge in [0.25, 0.3) is 0 Å². The van der Waals surface area contributed by atoms with Crippen molar-refractivity contribution in [1.29, 1.82) is 0 Å². The summed E-state index contributed by atoms with van der Waals surface area (Å²) >= 11 is 5.65. The van der Waals surface area contributed by atoms with Crippen LogP contribution in [-0.2, 0) is 4.79 Å². The number of hydrogen-bond donors (Lipinski definition) is 1. The first-order chi connectivity index (χ1) is 13.2. The van der Waals surface area contributed by atoms with Crippen LogP contribution in [0.1, 0.15) is 50.6 Å². The van der Waals surface area contributed by atoms with E-state index in [4.69, 9.17) is 20.8 Å². The highest BCUT2D eigenvalue weighted by atomic mass is 35.5. The second-order valence-electron chi connectivity index (χ2n) is 7.02. The van der Waals surface area contributed by atoms with Crippen LogP contribution in [0, 0.1) is 5.92 Å². The van der Waals surface area contributed by atoms with Crippen molar-refractivity contribution >= 4 is 17.5 Å². The second-order valence-corrected chi connectivity index (χ2v) is 7.40. The van der Waals surface area contributed by atoms with Crippen molar-refractivity contribution in [2.75, 3.05) is 19.0 Å². The maximum Gasteiger partial charge on any atom is 0.229 e. The number of carbonyl (C=O) groups is 1. The van der Waals surface area contributed by atoms with Crippen molar-refractivity contribution in [2.45, 2.75) is 44.9 Å². The number of carbonyl (C=O) groups excluding carboxylic acids is 1. The van der Waals surface area contributed by atoms with Crippen molar-refractivity contribution in [1.82, 2.24) is 10.3 Å². The molecule has 0 spiro atoms. The van der Waals surface area contributed by atoms with Crippen LogP contribution >= 0.6 is 11.6 Å². The highest BCUT2D eigenvalue weighted by Crippen LogP contribution is 2.29. The molecule has 1 aliphatic rings. The topological polar surface area (TPSA) is 64.4 Å². The van der Waals surface area contributed by atoms with Gasteiger partial charge in [-0.15, -0.1) is 11.6 Å². The van der Waals surface area contributed by atoms with Gasteiger partial charge in [-0.25, -0.2) is 4.98 Å². The quantitative estimate of drug-likeness (QED) is 0.443. The van der Waals surface area contributed by atoms with Crippen LogP contribution < -0.4 is 10.1 Å². The third-order valence-electron chi connectivity index (χ3n) is 4.68. The average Bonchev–Trinajstić information content (AvgIpc) is 3.40. The van der Waals surface area contributed by atoms with E-state index < -0.39 is 0 Å². The Morgan fingerprint density at radius 1 is 1.37 bits per heavy atom. The lowest BCUT2D eigenvalue weighted by atomic mass is 9.99. The molecule has 3 rings (SSSR count). The minimum absolute atomic E-state index is 0.0478. The molecule has 0 aliphatic heterocycles. The fourth-order valence-corrected chi connectivity index (χ4v) is 3.02. The third-order valence-corrected chi connectivity index (χ3v) is 4.95. The summed E-state index contributed by atoms with van der Waals surface area (Å²) < 4.78 is 11.3. The fourth-order valence-electron chi connectivity index (χ4n) is 2.91. The monoisotopic (exact) mass is 390 g/mol. The highest BCUT2D eigenvalue weighted by Gasteiger charge is 2.27. The number of nitrogens with zero attached hydrogens (tertiary/aromatic N) is 1. The molecule has 1 saturated carbocycles. The molecule has 1 N–H and O–H groups in total. The number of nitrogens with one attached hydrogen (secondary N) is 1. The van der Waals surface area contributed by atoms with E-state index in [1.54, 1.807) is 6.26 Å². The molecule has 1 aromatic heterocycles. The Hall–Kier alpha value is -2.01. The Labute approximate surface area is 165 Å². The van der Waals surface area contributed by atoms with Crippen LogP contribution in [0.2, 0.25) is 0 Å². The molecule has 1 unspecified atom stereocenters. The summed E-state index contributed by atoms with van der Waals surface area (Å²) in [4.78, 5) is 17.1. The minimum atomic E-state index is -0.260. The van der Waals surface area contributed by atoms with Gasteiger partial charge in [0.1, 0.15) is 12.0 Å². The smallest absolute Gasteiger partial charge is 0.229 e. The zero-order valence-corrected chi connectivity index (χ0v) is 16.5. The van der Waals surface area contributed by atoms with E-state index in [2.05, 4.69) is 17.2 Å². The van der Waals surface area contributed by atoms with Gasteiger partial charge in [0, 0.05) is 18.0 Å². The molecule has 5 nitrogen and oxygen atoms in total. The lowest BCUT2D eigenvalue weighted by molar-refractivity contribution is -0.122. The molecular formula is C21H27ClN2O3. The maximum absolute atomic E-state index is 12.6. The number of ether oxygens (including phenoxy) is 1. The Balaban J connectivity index is 1.64. The second kappa shape index (κ2) is 9.79. The molecule has 0 bridgehead atoms. The Morgan fingerprint density at radius 2 is 2.15 bits per heavy atom. The molecule has 27 heavy (non-hydrogen) atoms. The molecule has 146 valence electrons. The van der Waals surface area contributed by atoms with Crippen molar-refractivity contribution in [2.24, 2.45) is 5.92 Å². The van der Waals surface area contributed by atoms with Gasteiger partial charge in [-0.3, -0.25) is 4.79 Å². The highest BCUT2D eigenvalue weighted by molar-refractivity contribution is 6.17. The Kier molecular flexibility index (Phi) is 7.16. The van der Waals surface area contributed by atoms with E-state index in [9.17, 15) is 4.79 Å². The van der Waals surface area contributed by atoms with Crippen molar-refractivity contribution in [3.05, 3.63) is 36.2 Å². The maximum atomic E-state index is 12.6. The summed E-state index contributed by atoms with van der Waals surface area (Å²) in [5, 5.41) is 3.06. The van der Waals surface area contributed by atoms with E-state index >= 15 is 0 Å². The van der Waals surface area contributed by atoms with Crippen LogP contribution in [0.15, 0.2) is 34.9 Å². The van der Waals surface area contributed by atoms with E-state index in [-0.39, 0.29) is 11.8 Å². The summed E-state index contributed by atoms with van der Waals surface area (Å²) in [7, 11) is 0. The third kappa shape index (κ3) is 5.73. The van der Waals surface area contributed by atoms with Gasteiger partial charge in [-0.05, 0) is 55.9 Å². The molecule has 1 fully saturated rings. The van der Waals surface area contributed by atoms with Crippen LogP contribution in [0.4, 0.5) is 0 Å². The number of amides is 1. The summed E-state index contributed by atoms with van der Waals surface area (Å²) in [5.74, 6) is 2.35. The summed E-state index contributed by atoms with van der Waals surface area (Å²) in [6.07, 6.45) is 6.54. The van der Waals surface area contributed by atoms with E-state index in [0.29, 0.717) is 30.0 Å². The molecule has 6 heteroatoms. The number of rotatable bonds is 11. The number of oxazole rings is 1. The molecule has 0 radical (unpaired) electrons. The predicted octanol–water partition coefficient (Wildman–Crippen LogP) is 4.76. The molecule has 1 atom stereocenters. The first-order valence-electron chi connectivity index (χ1n) is 9.73. The van der Waals surface area contributed by atoms with E-state index in [1.807, 2.05) is 24.3 Å². The Morgan fingerprint density at radius 3 is 2.81 bits per heavy atom. The number of halogens is 1. The van der Waals surface area contributed by atoms with Gasteiger partial charge in [-0.1, -0.05) is 13.3 Å². The first-order valence-corrected chi connectivity index (χ1v) is 10.3. The molecular weight excluding hydrogens is 364 g/mol. The fraction of sp³-hybridized carbons (Fsp3) is 0.524. The first kappa shape index (κ1) is 19.7. The number of alkyl halides is 1. The summed E-state index contributed by atoms with van der Waals surface area (Å²) in [5.41, 5.74) is 1.56. The number of aromatic nitrogens is 1. The van der Waals surface area contributed by atoms with Gasteiger partial charge in [-0.2, -0.15) is 0 Å². The van der Waals surface area contributed by atoms with Crippen molar-refractivity contribution in [3.8, 4) is 17.2 Å². The molecule has 2 aromatic rings. The van der Waals surface area contributed by atoms with Gasteiger partial charge < -0.3 is 14.5 Å². The zero-order valence-electron chi connectivity index (χ0n) is 15.7. The number of benzene rings is 1. The lowest BCUT2D eigenvalue weighted by Gasteiger charge is -2.13. The SMILES string of the molecule is CCCC(C(=O)NCC1CC1)c1coc(-c2ccc(OCCCCl)cc2)n1.